The van der Waals surface area contributed by atoms with Crippen molar-refractivity contribution in [2.24, 2.45) is 0 Å². The number of hydrogen-bond donors (Lipinski definition) is 1. The molecule has 1 aliphatic rings. The molecule has 1 aromatic carbocycles. The number of nitrogens with one attached hydrogen (secondary N) is 1. The number of benzene rings is 1. The maximum atomic E-state index is 12.1. The first-order chi connectivity index (χ1) is 13.3. The van der Waals surface area contributed by atoms with Crippen LogP contribution in [0.15, 0.2) is 53.9 Å². The van der Waals surface area contributed by atoms with Crippen LogP contribution in [0.3, 0.4) is 0 Å². The average Bonchev–Trinajstić information content (AvgIpc) is 3.12. The number of thiophene rings is 1. The predicted molar refractivity (Wildman–Crippen MR) is 110 cm³/mol. The number of hydrogen-bond acceptors (Lipinski definition) is 5. The molecule has 0 unspecified atom stereocenters. The molecule has 0 aliphatic carbocycles. The summed E-state index contributed by atoms with van der Waals surface area (Å²) in [4.78, 5) is 15.1. The van der Waals surface area contributed by atoms with Crippen molar-refractivity contribution in [1.29, 1.82) is 0 Å². The van der Waals surface area contributed by atoms with E-state index < -0.39 is 0 Å². The van der Waals surface area contributed by atoms with E-state index in [0.29, 0.717) is 4.88 Å². The number of amides is 1. The van der Waals surface area contributed by atoms with E-state index in [4.69, 9.17) is 0 Å². The van der Waals surface area contributed by atoms with Crippen molar-refractivity contribution in [1.82, 2.24) is 10.2 Å². The normalized spacial score (nSPS) is 14.6. The van der Waals surface area contributed by atoms with Crippen LogP contribution in [-0.4, -0.2) is 29.2 Å². The molecule has 0 saturated carbocycles. The van der Waals surface area contributed by atoms with Gasteiger partial charge in [-0.1, -0.05) is 31.0 Å². The summed E-state index contributed by atoms with van der Waals surface area (Å²) < 4.78 is 0. The molecule has 0 radical (unpaired) electrons. The highest BCUT2D eigenvalue weighted by Gasteiger charge is 2.12. The summed E-state index contributed by atoms with van der Waals surface area (Å²) >= 11 is 1.43. The number of anilines is 2. The molecule has 0 bridgehead atoms. The van der Waals surface area contributed by atoms with Crippen LogP contribution in [0.4, 0.5) is 11.5 Å². The van der Waals surface area contributed by atoms with Crippen LogP contribution in [-0.2, 0) is 0 Å². The number of carbonyl (C=O) groups excluding carboxylic acids is 1. The summed E-state index contributed by atoms with van der Waals surface area (Å²) in [6.45, 7) is 2.12. The Kier molecular flexibility index (Phi) is 5.44. The fourth-order valence-corrected chi connectivity index (χ4v) is 3.89. The first kappa shape index (κ1) is 17.7. The molecule has 6 heteroatoms. The van der Waals surface area contributed by atoms with Gasteiger partial charge in [-0.05, 0) is 48.6 Å². The average molecular weight is 379 g/mol. The molecule has 1 fully saturated rings. The van der Waals surface area contributed by atoms with Crippen molar-refractivity contribution in [2.75, 3.05) is 23.3 Å². The lowest BCUT2D eigenvalue weighted by Gasteiger charge is -2.20. The van der Waals surface area contributed by atoms with Gasteiger partial charge in [0.15, 0.2) is 5.82 Å². The molecule has 138 valence electrons. The monoisotopic (exact) mass is 378 g/mol. The Morgan fingerprint density at radius 2 is 1.70 bits per heavy atom. The maximum absolute atomic E-state index is 12.1. The molecule has 1 aliphatic heterocycles. The summed E-state index contributed by atoms with van der Waals surface area (Å²) in [5.74, 6) is 0.875. The second-order valence-electron chi connectivity index (χ2n) is 6.69. The van der Waals surface area contributed by atoms with Gasteiger partial charge < -0.3 is 10.2 Å². The van der Waals surface area contributed by atoms with E-state index in [0.717, 1.165) is 35.9 Å². The molecule has 0 atom stereocenters. The largest absolute Gasteiger partial charge is 0.355 e. The molecule has 0 spiro atoms. The van der Waals surface area contributed by atoms with Crippen LogP contribution in [0.2, 0.25) is 0 Å². The number of nitrogens with zero attached hydrogens (tertiary/aromatic N) is 3. The molecule has 4 rings (SSSR count). The molecular formula is C21H22N4OS. The first-order valence-corrected chi connectivity index (χ1v) is 10.2. The van der Waals surface area contributed by atoms with Gasteiger partial charge in [-0.2, -0.15) is 0 Å². The van der Waals surface area contributed by atoms with Crippen LogP contribution in [0.25, 0.3) is 11.3 Å². The minimum Gasteiger partial charge on any atom is -0.355 e. The predicted octanol–water partition coefficient (Wildman–Crippen LogP) is 4.84. The van der Waals surface area contributed by atoms with Crippen molar-refractivity contribution in [2.45, 2.75) is 25.7 Å². The van der Waals surface area contributed by atoms with Gasteiger partial charge in [0.05, 0.1) is 10.6 Å². The Balaban J connectivity index is 1.43. The van der Waals surface area contributed by atoms with Crippen LogP contribution in [0.5, 0.6) is 0 Å². The topological polar surface area (TPSA) is 58.1 Å². The van der Waals surface area contributed by atoms with Crippen LogP contribution in [0.1, 0.15) is 35.4 Å². The van der Waals surface area contributed by atoms with Gasteiger partial charge in [0.2, 0.25) is 0 Å². The Labute approximate surface area is 163 Å². The Hall–Kier alpha value is -2.73. The van der Waals surface area contributed by atoms with Gasteiger partial charge in [-0.15, -0.1) is 21.5 Å². The van der Waals surface area contributed by atoms with Gasteiger partial charge in [0.1, 0.15) is 0 Å². The smallest absolute Gasteiger partial charge is 0.265 e. The molecule has 3 aromatic rings. The number of carbonyl (C=O) groups is 1. The summed E-state index contributed by atoms with van der Waals surface area (Å²) in [5, 5.41) is 13.6. The van der Waals surface area contributed by atoms with E-state index in [1.54, 1.807) is 0 Å². The molecule has 5 nitrogen and oxygen atoms in total. The third-order valence-electron chi connectivity index (χ3n) is 4.76. The SMILES string of the molecule is O=C(Nc1ccc(-c2ccc(N3CCCCCC3)nn2)cc1)c1cccs1. The van der Waals surface area contributed by atoms with Gasteiger partial charge in [-0.3, -0.25) is 4.79 Å². The van der Waals surface area contributed by atoms with Crippen molar-refractivity contribution < 1.29 is 4.79 Å². The van der Waals surface area contributed by atoms with Crippen LogP contribution in [0, 0.1) is 0 Å². The van der Waals surface area contributed by atoms with E-state index in [1.165, 1.54) is 37.0 Å². The second-order valence-corrected chi connectivity index (χ2v) is 7.63. The summed E-state index contributed by atoms with van der Waals surface area (Å²) in [6.07, 6.45) is 5.05. The van der Waals surface area contributed by atoms with Crippen molar-refractivity contribution in [3.8, 4) is 11.3 Å². The molecule has 1 saturated heterocycles. The zero-order valence-electron chi connectivity index (χ0n) is 15.1. The highest BCUT2D eigenvalue weighted by atomic mass is 32.1. The fourth-order valence-electron chi connectivity index (χ4n) is 3.27. The standard InChI is InChI=1S/C21H22N4OS/c26-21(19-6-5-15-27-19)22-17-9-7-16(8-10-17)18-11-12-20(24-23-18)25-13-3-1-2-4-14-25/h5-12,15H,1-4,13-14H2,(H,22,26). The van der Waals surface area contributed by atoms with Crippen molar-refractivity contribution >= 4 is 28.7 Å². The zero-order valence-corrected chi connectivity index (χ0v) is 15.9. The molecule has 27 heavy (non-hydrogen) atoms. The molecule has 1 amide bonds. The van der Waals surface area contributed by atoms with Crippen molar-refractivity contribution in [3.63, 3.8) is 0 Å². The quantitative estimate of drug-likeness (QED) is 0.706. The first-order valence-electron chi connectivity index (χ1n) is 9.33. The van der Waals surface area contributed by atoms with Gasteiger partial charge in [0.25, 0.3) is 5.91 Å². The van der Waals surface area contributed by atoms with E-state index in [2.05, 4.69) is 26.5 Å². The third kappa shape index (κ3) is 4.34. The fraction of sp³-hybridized carbons (Fsp3) is 0.286. The molecule has 1 N–H and O–H groups in total. The molecule has 2 aromatic heterocycles. The number of aromatic nitrogens is 2. The van der Waals surface area contributed by atoms with E-state index >= 15 is 0 Å². The van der Waals surface area contributed by atoms with Crippen LogP contribution < -0.4 is 10.2 Å². The van der Waals surface area contributed by atoms with Crippen LogP contribution >= 0.6 is 11.3 Å². The minimum absolute atomic E-state index is 0.0839. The summed E-state index contributed by atoms with van der Waals surface area (Å²) in [5.41, 5.74) is 2.59. The van der Waals surface area contributed by atoms with Gasteiger partial charge >= 0.3 is 0 Å². The Bertz CT molecular complexity index is 868. The maximum Gasteiger partial charge on any atom is 0.265 e. The lowest BCUT2D eigenvalue weighted by molar-refractivity contribution is 0.103. The minimum atomic E-state index is -0.0839. The molecule has 3 heterocycles. The Morgan fingerprint density at radius 1 is 0.926 bits per heavy atom. The number of rotatable bonds is 4. The second kappa shape index (κ2) is 8.31. The Morgan fingerprint density at radius 3 is 2.33 bits per heavy atom. The van der Waals surface area contributed by atoms with Crippen molar-refractivity contribution in [3.05, 3.63) is 58.8 Å². The van der Waals surface area contributed by atoms with Gasteiger partial charge in [-0.25, -0.2) is 0 Å². The third-order valence-corrected chi connectivity index (χ3v) is 5.63. The lowest BCUT2D eigenvalue weighted by Crippen LogP contribution is -2.25. The summed E-state index contributed by atoms with van der Waals surface area (Å²) in [7, 11) is 0. The molecular weight excluding hydrogens is 356 g/mol. The van der Waals surface area contributed by atoms with E-state index in [9.17, 15) is 4.79 Å². The van der Waals surface area contributed by atoms with Gasteiger partial charge in [0, 0.05) is 24.3 Å². The zero-order chi connectivity index (χ0) is 18.5. The highest BCUT2D eigenvalue weighted by Crippen LogP contribution is 2.22. The summed E-state index contributed by atoms with van der Waals surface area (Å²) in [6, 6.07) is 15.5. The van der Waals surface area contributed by atoms with E-state index in [-0.39, 0.29) is 5.91 Å². The lowest BCUT2D eigenvalue weighted by atomic mass is 10.1. The highest BCUT2D eigenvalue weighted by molar-refractivity contribution is 7.12. The van der Waals surface area contributed by atoms with E-state index in [1.807, 2.05) is 47.8 Å².